The van der Waals surface area contributed by atoms with Crippen LogP contribution in [-0.4, -0.2) is 35.3 Å². The van der Waals surface area contributed by atoms with Gasteiger partial charge in [-0.25, -0.2) is 15.4 Å². The summed E-state index contributed by atoms with van der Waals surface area (Å²) in [7, 11) is 0. The first kappa shape index (κ1) is 25.9. The van der Waals surface area contributed by atoms with Gasteiger partial charge in [-0.15, -0.1) is 0 Å². The van der Waals surface area contributed by atoms with Crippen LogP contribution in [0.15, 0.2) is 58.8 Å². The van der Waals surface area contributed by atoms with Crippen LogP contribution in [0.4, 0.5) is 17.6 Å². The number of aryl methyl sites for hydroxylation is 2. The van der Waals surface area contributed by atoms with E-state index in [4.69, 9.17) is 0 Å². The summed E-state index contributed by atoms with van der Waals surface area (Å²) < 4.78 is 58.5. The highest BCUT2D eigenvalue weighted by atomic mass is 32.2. The van der Waals surface area contributed by atoms with Gasteiger partial charge in [-0.1, -0.05) is 23.9 Å². The van der Waals surface area contributed by atoms with E-state index in [0.717, 1.165) is 35.3 Å². The Morgan fingerprint density at radius 1 is 1.00 bits per heavy atom. The molecule has 0 radical (unpaired) electrons. The summed E-state index contributed by atoms with van der Waals surface area (Å²) in [4.78, 5) is 21.1. The Hall–Kier alpha value is -3.67. The zero-order valence-electron chi connectivity index (χ0n) is 18.5. The minimum absolute atomic E-state index is 0.0215. The molecule has 0 unspecified atom stereocenters. The van der Waals surface area contributed by atoms with Crippen molar-refractivity contribution in [2.24, 2.45) is 5.10 Å². The van der Waals surface area contributed by atoms with E-state index < -0.39 is 24.9 Å². The summed E-state index contributed by atoms with van der Waals surface area (Å²) in [6.45, 7) is -2.52. The van der Waals surface area contributed by atoms with Gasteiger partial charge in [0, 0.05) is 34.3 Å². The quantitative estimate of drug-likeness (QED) is 0.131. The average molecular weight is 508 g/mol. The maximum atomic E-state index is 12.7. The number of carbonyl (C=O) groups is 1. The van der Waals surface area contributed by atoms with Crippen molar-refractivity contribution in [3.63, 3.8) is 0 Å². The number of rotatable bonds is 10. The average Bonchev–Trinajstić information content (AvgIpc) is 2.78. The number of nitrogens with zero attached hydrogens (tertiary/aromatic N) is 3. The van der Waals surface area contributed by atoms with Gasteiger partial charge in [-0.05, 0) is 49.7 Å². The molecular formula is C23H20F4N4O3S. The molecular weight excluding hydrogens is 488 g/mol. The molecule has 0 saturated carbocycles. The molecule has 1 N–H and O–H groups in total. The summed E-state index contributed by atoms with van der Waals surface area (Å²) in [5.74, 6) is -0.724. The molecule has 0 fully saturated rings. The normalized spacial score (nSPS) is 11.3. The number of carbonyl (C=O) groups excluding carboxylic acids is 1. The Labute approximate surface area is 202 Å². The number of benzene rings is 2. The molecule has 3 rings (SSSR count). The third kappa shape index (κ3) is 8.25. The zero-order valence-corrected chi connectivity index (χ0v) is 19.4. The van der Waals surface area contributed by atoms with Crippen LogP contribution < -0.4 is 14.9 Å². The molecule has 0 aliphatic carbocycles. The number of ether oxygens (including phenoxy) is 2. The lowest BCUT2D eigenvalue weighted by Gasteiger charge is -2.10. The van der Waals surface area contributed by atoms with Gasteiger partial charge >= 0.3 is 13.2 Å². The number of thioether (sulfide) groups is 1. The zero-order chi connectivity index (χ0) is 25.4. The first-order valence-corrected chi connectivity index (χ1v) is 11.1. The number of amides is 1. The Morgan fingerprint density at radius 2 is 1.66 bits per heavy atom. The van der Waals surface area contributed by atoms with Gasteiger partial charge in [0.2, 0.25) is 0 Å². The van der Waals surface area contributed by atoms with Gasteiger partial charge in [-0.2, -0.15) is 22.7 Å². The van der Waals surface area contributed by atoms with Crippen molar-refractivity contribution >= 4 is 23.9 Å². The number of hydrogen-bond donors (Lipinski definition) is 1. The maximum absolute atomic E-state index is 12.7. The first-order valence-electron chi connectivity index (χ1n) is 10.1. The molecule has 2 aromatic carbocycles. The molecule has 1 amide bonds. The minimum atomic E-state index is -3.20. The fraction of sp³-hybridized carbons (Fsp3) is 0.217. The van der Waals surface area contributed by atoms with E-state index in [1.807, 2.05) is 19.9 Å². The molecule has 184 valence electrons. The van der Waals surface area contributed by atoms with Crippen molar-refractivity contribution in [2.75, 3.05) is 0 Å². The van der Waals surface area contributed by atoms with Gasteiger partial charge in [0.25, 0.3) is 5.91 Å². The molecule has 1 heterocycles. The highest BCUT2D eigenvalue weighted by molar-refractivity contribution is 7.98. The van der Waals surface area contributed by atoms with E-state index in [9.17, 15) is 22.4 Å². The second-order valence-electron chi connectivity index (χ2n) is 7.07. The molecule has 7 nitrogen and oxygen atoms in total. The SMILES string of the molecule is Cc1cc(C)nc(SCc2ccc(C(=O)N/N=C\c3ccc(OC(F)F)cc3OC(F)F)cc2)n1. The summed E-state index contributed by atoms with van der Waals surface area (Å²) in [5, 5.41) is 4.40. The van der Waals surface area contributed by atoms with Crippen LogP contribution in [0.2, 0.25) is 0 Å². The van der Waals surface area contributed by atoms with Gasteiger partial charge in [0.15, 0.2) is 5.16 Å². The third-order valence-corrected chi connectivity index (χ3v) is 5.26. The number of halogens is 4. The Balaban J connectivity index is 1.60. The molecule has 12 heteroatoms. The lowest BCUT2D eigenvalue weighted by atomic mass is 10.1. The summed E-state index contributed by atoms with van der Waals surface area (Å²) >= 11 is 1.48. The molecule has 35 heavy (non-hydrogen) atoms. The number of alkyl halides is 4. The van der Waals surface area contributed by atoms with Crippen LogP contribution in [-0.2, 0) is 5.75 Å². The van der Waals surface area contributed by atoms with E-state index in [2.05, 4.69) is 30.0 Å². The van der Waals surface area contributed by atoms with E-state index >= 15 is 0 Å². The second kappa shape index (κ2) is 12.2. The molecule has 1 aromatic heterocycles. The Kier molecular flexibility index (Phi) is 9.01. The fourth-order valence-electron chi connectivity index (χ4n) is 2.88. The van der Waals surface area contributed by atoms with Crippen LogP contribution >= 0.6 is 11.8 Å². The maximum Gasteiger partial charge on any atom is 0.387 e. The molecule has 0 aliphatic rings. The first-order chi connectivity index (χ1) is 16.7. The number of hydrogen-bond acceptors (Lipinski definition) is 7. The largest absolute Gasteiger partial charge is 0.435 e. The molecule has 0 bridgehead atoms. The van der Waals surface area contributed by atoms with Gasteiger partial charge in [-0.3, -0.25) is 4.79 Å². The number of aromatic nitrogens is 2. The number of nitrogens with one attached hydrogen (secondary N) is 1. The van der Waals surface area contributed by atoms with Crippen LogP contribution in [0.25, 0.3) is 0 Å². The minimum Gasteiger partial charge on any atom is -0.435 e. The second-order valence-corrected chi connectivity index (χ2v) is 8.02. The predicted octanol–water partition coefficient (Wildman–Crippen LogP) is 5.35. The van der Waals surface area contributed by atoms with Crippen molar-refractivity contribution in [1.82, 2.24) is 15.4 Å². The molecule has 0 atom stereocenters. The highest BCUT2D eigenvalue weighted by Crippen LogP contribution is 2.26. The summed E-state index contributed by atoms with van der Waals surface area (Å²) in [6, 6.07) is 11.9. The lowest BCUT2D eigenvalue weighted by molar-refractivity contribution is -0.0543. The standard InChI is InChI=1S/C23H20F4N4O3S/c1-13-9-14(2)30-23(29-13)35-12-15-3-5-16(6-4-15)20(32)31-28-11-17-7-8-18(33-21(24)25)10-19(17)34-22(26)27/h3-11,21-22H,12H2,1-2H3,(H,31,32)/b28-11-. The van der Waals surface area contributed by atoms with Crippen molar-refractivity contribution in [3.05, 3.63) is 76.6 Å². The monoisotopic (exact) mass is 508 g/mol. The van der Waals surface area contributed by atoms with Crippen molar-refractivity contribution in [3.8, 4) is 11.5 Å². The fourth-order valence-corrected chi connectivity index (χ4v) is 3.78. The smallest absolute Gasteiger partial charge is 0.387 e. The molecule has 0 aliphatic heterocycles. The van der Waals surface area contributed by atoms with Crippen LogP contribution in [0.3, 0.4) is 0 Å². The topological polar surface area (TPSA) is 85.7 Å². The van der Waals surface area contributed by atoms with Gasteiger partial charge in [0.1, 0.15) is 11.5 Å². The van der Waals surface area contributed by atoms with E-state index in [0.29, 0.717) is 16.5 Å². The van der Waals surface area contributed by atoms with Crippen LogP contribution in [0.5, 0.6) is 11.5 Å². The lowest BCUT2D eigenvalue weighted by Crippen LogP contribution is -2.17. The predicted molar refractivity (Wildman–Crippen MR) is 122 cm³/mol. The Morgan fingerprint density at radius 3 is 2.29 bits per heavy atom. The number of hydrazone groups is 1. The van der Waals surface area contributed by atoms with Crippen molar-refractivity contribution in [2.45, 2.75) is 38.0 Å². The third-order valence-electron chi connectivity index (χ3n) is 4.34. The van der Waals surface area contributed by atoms with Gasteiger partial charge in [0.05, 0.1) is 6.21 Å². The summed E-state index contributed by atoms with van der Waals surface area (Å²) in [6.07, 6.45) is 1.05. The van der Waals surface area contributed by atoms with E-state index in [-0.39, 0.29) is 11.3 Å². The van der Waals surface area contributed by atoms with Crippen LogP contribution in [0, 0.1) is 13.8 Å². The van der Waals surface area contributed by atoms with Crippen molar-refractivity contribution < 1.29 is 31.8 Å². The molecule has 0 saturated heterocycles. The summed E-state index contributed by atoms with van der Waals surface area (Å²) in [5.41, 5.74) is 5.35. The Bertz CT molecular complexity index is 1170. The molecule has 0 spiro atoms. The van der Waals surface area contributed by atoms with E-state index in [1.165, 1.54) is 17.8 Å². The van der Waals surface area contributed by atoms with Crippen molar-refractivity contribution in [1.29, 1.82) is 0 Å². The van der Waals surface area contributed by atoms with Gasteiger partial charge < -0.3 is 9.47 Å². The van der Waals surface area contributed by atoms with E-state index in [1.54, 1.807) is 24.3 Å². The van der Waals surface area contributed by atoms with Crippen LogP contribution in [0.1, 0.15) is 32.9 Å². The highest BCUT2D eigenvalue weighted by Gasteiger charge is 2.13. The molecule has 3 aromatic rings.